The van der Waals surface area contributed by atoms with Crippen LogP contribution in [0.3, 0.4) is 0 Å². The Morgan fingerprint density at radius 2 is 1.65 bits per heavy atom. The number of carbonyl (C=O) groups excluding carboxylic acids is 2. The van der Waals surface area contributed by atoms with Crippen molar-refractivity contribution in [3.05, 3.63) is 35.9 Å². The van der Waals surface area contributed by atoms with Crippen molar-refractivity contribution in [2.45, 2.75) is 60.2 Å². The van der Waals surface area contributed by atoms with E-state index in [4.69, 9.17) is 4.74 Å². The van der Waals surface area contributed by atoms with Crippen LogP contribution in [-0.2, 0) is 9.53 Å². The first-order chi connectivity index (χ1) is 10.5. The molecule has 1 aromatic rings. The zero-order chi connectivity index (χ0) is 17.4. The molecule has 1 aliphatic rings. The van der Waals surface area contributed by atoms with E-state index in [1.54, 1.807) is 17.0 Å². The van der Waals surface area contributed by atoms with Crippen LogP contribution in [0.5, 0.6) is 0 Å². The largest absolute Gasteiger partial charge is 0.439 e. The van der Waals surface area contributed by atoms with E-state index >= 15 is 0 Å². The molecule has 0 spiro atoms. The van der Waals surface area contributed by atoms with Gasteiger partial charge >= 0.3 is 5.97 Å². The lowest BCUT2D eigenvalue weighted by Gasteiger charge is -2.35. The van der Waals surface area contributed by atoms with Gasteiger partial charge in [-0.15, -0.1) is 0 Å². The van der Waals surface area contributed by atoms with Crippen molar-refractivity contribution in [3.63, 3.8) is 0 Å². The van der Waals surface area contributed by atoms with Crippen LogP contribution in [0.4, 0.5) is 0 Å². The Morgan fingerprint density at radius 3 is 2.13 bits per heavy atom. The monoisotopic (exact) mass is 317 g/mol. The molecule has 0 saturated carbocycles. The molecule has 126 valence electrons. The number of hydrogen-bond donors (Lipinski definition) is 0. The lowest BCUT2D eigenvalue weighted by molar-refractivity contribution is -0.147. The first-order valence-corrected chi connectivity index (χ1v) is 8.09. The molecule has 1 aromatic carbocycles. The van der Waals surface area contributed by atoms with Crippen molar-refractivity contribution < 1.29 is 14.3 Å². The number of ether oxygens (including phenoxy) is 1. The van der Waals surface area contributed by atoms with E-state index in [1.807, 2.05) is 39.0 Å². The van der Waals surface area contributed by atoms with E-state index in [0.29, 0.717) is 12.0 Å². The zero-order valence-corrected chi connectivity index (χ0v) is 14.9. The van der Waals surface area contributed by atoms with Crippen molar-refractivity contribution in [1.82, 2.24) is 4.90 Å². The van der Waals surface area contributed by atoms with E-state index in [2.05, 4.69) is 20.8 Å². The Hall–Kier alpha value is -1.84. The quantitative estimate of drug-likeness (QED) is 0.778. The van der Waals surface area contributed by atoms with Crippen molar-refractivity contribution in [2.24, 2.45) is 10.8 Å². The van der Waals surface area contributed by atoms with E-state index < -0.39 is 12.3 Å². The summed E-state index contributed by atoms with van der Waals surface area (Å²) >= 11 is 0. The fourth-order valence-corrected chi connectivity index (χ4v) is 2.86. The topological polar surface area (TPSA) is 46.6 Å². The van der Waals surface area contributed by atoms with Crippen LogP contribution < -0.4 is 0 Å². The standard InChI is InChI=1S/C19H27NO3/c1-18(2,3)12-14-16(22)23-17(19(4,5)6)20(14)15(21)13-10-8-7-9-11-13/h7-11,14,17H,12H2,1-6H3/t14-,17+/m1/s1. The van der Waals surface area contributed by atoms with Gasteiger partial charge in [0.05, 0.1) is 0 Å². The van der Waals surface area contributed by atoms with Crippen molar-refractivity contribution in [3.8, 4) is 0 Å². The van der Waals surface area contributed by atoms with E-state index in [-0.39, 0.29) is 22.7 Å². The zero-order valence-electron chi connectivity index (χ0n) is 14.9. The SMILES string of the molecule is CC(C)(C)C[C@@H]1C(=O)O[C@@H](C(C)(C)C)N1C(=O)c1ccccc1. The van der Waals surface area contributed by atoms with Crippen molar-refractivity contribution in [2.75, 3.05) is 0 Å². The number of esters is 1. The van der Waals surface area contributed by atoms with Gasteiger partial charge in [-0.3, -0.25) is 9.69 Å². The number of hydrogen-bond acceptors (Lipinski definition) is 3. The minimum atomic E-state index is -0.546. The molecule has 0 aliphatic carbocycles. The molecule has 2 rings (SSSR count). The summed E-state index contributed by atoms with van der Waals surface area (Å²) in [6.45, 7) is 12.1. The highest BCUT2D eigenvalue weighted by Crippen LogP contribution is 2.37. The molecule has 1 saturated heterocycles. The minimum absolute atomic E-state index is 0.0777. The molecule has 23 heavy (non-hydrogen) atoms. The minimum Gasteiger partial charge on any atom is -0.439 e. The van der Waals surface area contributed by atoms with Gasteiger partial charge in [-0.25, -0.2) is 4.79 Å². The molecular weight excluding hydrogens is 290 g/mol. The fourth-order valence-electron chi connectivity index (χ4n) is 2.86. The van der Waals surface area contributed by atoms with Gasteiger partial charge in [0, 0.05) is 11.0 Å². The number of cyclic esters (lactones) is 1. The molecule has 1 fully saturated rings. The van der Waals surface area contributed by atoms with Crippen LogP contribution >= 0.6 is 0 Å². The number of amides is 1. The van der Waals surface area contributed by atoms with Crippen LogP contribution in [0, 0.1) is 10.8 Å². The summed E-state index contributed by atoms with van der Waals surface area (Å²) in [5.74, 6) is -0.449. The van der Waals surface area contributed by atoms with Gasteiger partial charge in [-0.2, -0.15) is 0 Å². The molecule has 4 nitrogen and oxygen atoms in total. The molecule has 1 aliphatic heterocycles. The predicted octanol–water partition coefficient (Wildman–Crippen LogP) is 3.86. The molecule has 2 atom stereocenters. The number of nitrogens with zero attached hydrogens (tertiary/aromatic N) is 1. The fraction of sp³-hybridized carbons (Fsp3) is 0.579. The summed E-state index contributed by atoms with van der Waals surface area (Å²) in [6, 6.07) is 8.55. The van der Waals surface area contributed by atoms with E-state index in [0.717, 1.165) is 0 Å². The van der Waals surface area contributed by atoms with Gasteiger partial charge in [-0.1, -0.05) is 59.7 Å². The maximum absolute atomic E-state index is 13.0. The average molecular weight is 317 g/mol. The summed E-state index contributed by atoms with van der Waals surface area (Å²) in [5, 5.41) is 0. The highest BCUT2D eigenvalue weighted by Gasteiger charge is 2.50. The molecule has 0 unspecified atom stereocenters. The van der Waals surface area contributed by atoms with Gasteiger partial charge in [0.1, 0.15) is 6.04 Å². The first kappa shape index (κ1) is 17.5. The van der Waals surface area contributed by atoms with E-state index in [1.165, 1.54) is 0 Å². The summed E-state index contributed by atoms with van der Waals surface area (Å²) < 4.78 is 5.61. The van der Waals surface area contributed by atoms with Crippen LogP contribution in [-0.4, -0.2) is 29.0 Å². The first-order valence-electron chi connectivity index (χ1n) is 8.09. The summed E-state index contributed by atoms with van der Waals surface area (Å²) in [7, 11) is 0. The molecule has 0 N–H and O–H groups in total. The second-order valence-corrected chi connectivity index (χ2v) is 8.51. The Balaban J connectivity index is 2.41. The molecule has 0 radical (unpaired) electrons. The Bertz CT molecular complexity index is 581. The molecule has 4 heteroatoms. The highest BCUT2D eigenvalue weighted by molar-refractivity contribution is 5.98. The predicted molar refractivity (Wildman–Crippen MR) is 89.8 cm³/mol. The third kappa shape index (κ3) is 3.92. The van der Waals surface area contributed by atoms with Crippen molar-refractivity contribution >= 4 is 11.9 Å². The maximum atomic E-state index is 13.0. The third-order valence-corrected chi connectivity index (χ3v) is 3.89. The Morgan fingerprint density at radius 1 is 1.09 bits per heavy atom. The van der Waals surface area contributed by atoms with Crippen LogP contribution in [0.2, 0.25) is 0 Å². The molecule has 1 amide bonds. The molecule has 1 heterocycles. The molecule has 0 aromatic heterocycles. The highest BCUT2D eigenvalue weighted by atomic mass is 16.6. The number of rotatable bonds is 2. The van der Waals surface area contributed by atoms with Crippen molar-refractivity contribution in [1.29, 1.82) is 0 Å². The van der Waals surface area contributed by atoms with E-state index in [9.17, 15) is 9.59 Å². The third-order valence-electron chi connectivity index (χ3n) is 3.89. The second kappa shape index (κ2) is 5.99. The van der Waals surface area contributed by atoms with Gasteiger partial charge in [-0.05, 0) is 24.0 Å². The van der Waals surface area contributed by atoms with Crippen LogP contribution in [0.15, 0.2) is 30.3 Å². The van der Waals surface area contributed by atoms with Crippen LogP contribution in [0.1, 0.15) is 58.3 Å². The van der Waals surface area contributed by atoms with Crippen LogP contribution in [0.25, 0.3) is 0 Å². The van der Waals surface area contributed by atoms with Gasteiger partial charge < -0.3 is 4.74 Å². The smallest absolute Gasteiger partial charge is 0.330 e. The maximum Gasteiger partial charge on any atom is 0.330 e. The Kier molecular flexibility index (Phi) is 4.56. The average Bonchev–Trinajstić information content (AvgIpc) is 2.74. The Labute approximate surface area is 138 Å². The summed E-state index contributed by atoms with van der Waals surface area (Å²) in [6.07, 6.45) is 0.0341. The second-order valence-electron chi connectivity index (χ2n) is 8.51. The normalized spacial score (nSPS) is 22.2. The van der Waals surface area contributed by atoms with Gasteiger partial charge in [0.15, 0.2) is 6.23 Å². The lowest BCUT2D eigenvalue weighted by atomic mass is 9.86. The summed E-state index contributed by atoms with van der Waals surface area (Å²) in [4.78, 5) is 27.1. The van der Waals surface area contributed by atoms with Gasteiger partial charge in [0.2, 0.25) is 0 Å². The molecule has 0 bridgehead atoms. The van der Waals surface area contributed by atoms with Gasteiger partial charge in [0.25, 0.3) is 5.91 Å². The molecular formula is C19H27NO3. The number of carbonyl (C=O) groups is 2. The number of benzene rings is 1. The lowest BCUT2D eigenvalue weighted by Crippen LogP contribution is -2.48. The summed E-state index contributed by atoms with van der Waals surface area (Å²) in [5.41, 5.74) is 0.164.